The van der Waals surface area contributed by atoms with Gasteiger partial charge in [0.2, 0.25) is 0 Å². The van der Waals surface area contributed by atoms with Gasteiger partial charge < -0.3 is 19.5 Å². The number of aliphatic hydroxyl groups is 2. The van der Waals surface area contributed by atoms with Crippen LogP contribution in [0.2, 0.25) is 0 Å². The van der Waals surface area contributed by atoms with Crippen molar-refractivity contribution in [2.45, 2.75) is 43.9 Å². The van der Waals surface area contributed by atoms with Crippen molar-refractivity contribution in [1.29, 1.82) is 0 Å². The van der Waals surface area contributed by atoms with Gasteiger partial charge in [-0.05, 0) is 37.8 Å². The maximum Gasteiger partial charge on any atom is 0.289 e. The first kappa shape index (κ1) is 11.7. The maximum atomic E-state index is 12.3. The summed E-state index contributed by atoms with van der Waals surface area (Å²) in [6.45, 7) is 0.460. The van der Waals surface area contributed by atoms with Crippen LogP contribution in [0.5, 0.6) is 0 Å². The predicted octanol–water partition coefficient (Wildman–Crippen LogP) is 0.901. The van der Waals surface area contributed by atoms with Crippen molar-refractivity contribution in [2.75, 3.05) is 6.54 Å². The van der Waals surface area contributed by atoms with Crippen molar-refractivity contribution in [3.05, 3.63) is 23.7 Å². The van der Waals surface area contributed by atoms with Crippen molar-refractivity contribution in [1.82, 2.24) is 4.90 Å². The van der Waals surface area contributed by atoms with Gasteiger partial charge in [0.15, 0.2) is 5.76 Å². The van der Waals surface area contributed by atoms with Gasteiger partial charge in [-0.25, -0.2) is 0 Å². The third kappa shape index (κ3) is 1.83. The molecule has 18 heavy (non-hydrogen) atoms. The van der Waals surface area contributed by atoms with E-state index in [0.29, 0.717) is 12.3 Å². The molecule has 1 saturated carbocycles. The zero-order valence-corrected chi connectivity index (χ0v) is 10.1. The van der Waals surface area contributed by atoms with Crippen molar-refractivity contribution in [3.63, 3.8) is 0 Å². The van der Waals surface area contributed by atoms with E-state index in [1.807, 2.05) is 0 Å². The largest absolute Gasteiger partial charge is 0.453 e. The first-order valence-corrected chi connectivity index (χ1v) is 6.37. The molecule has 1 amide bonds. The molecule has 3 rings (SSSR count). The van der Waals surface area contributed by atoms with E-state index >= 15 is 0 Å². The van der Waals surface area contributed by atoms with Crippen LogP contribution in [-0.4, -0.2) is 39.2 Å². The van der Waals surface area contributed by atoms with E-state index in [2.05, 4.69) is 0 Å². The molecule has 1 aliphatic heterocycles. The summed E-state index contributed by atoms with van der Waals surface area (Å²) in [5.74, 6) is 0.451. The Bertz CT molecular complexity index is 463. The average molecular weight is 251 g/mol. The van der Waals surface area contributed by atoms with Crippen LogP contribution in [0, 0.1) is 0 Å². The lowest BCUT2D eigenvalue weighted by atomic mass is 10.1. The second kappa shape index (κ2) is 4.10. The van der Waals surface area contributed by atoms with Gasteiger partial charge in [0, 0.05) is 6.54 Å². The SMILES string of the molecule is O=C(c1ccc(CO)o1)N1CCCC1C1(O)CC1. The van der Waals surface area contributed by atoms with Gasteiger partial charge >= 0.3 is 0 Å². The number of likely N-dealkylation sites (tertiary alicyclic amines) is 1. The molecule has 1 unspecified atom stereocenters. The zero-order valence-electron chi connectivity index (χ0n) is 10.1. The van der Waals surface area contributed by atoms with Gasteiger partial charge in [0.05, 0.1) is 11.6 Å². The molecule has 1 aromatic rings. The molecule has 2 heterocycles. The normalized spacial score (nSPS) is 25.4. The van der Waals surface area contributed by atoms with Gasteiger partial charge in [0.1, 0.15) is 12.4 Å². The summed E-state index contributed by atoms with van der Waals surface area (Å²) < 4.78 is 5.27. The Balaban J connectivity index is 1.79. The minimum Gasteiger partial charge on any atom is -0.453 e. The molecule has 2 N–H and O–H groups in total. The van der Waals surface area contributed by atoms with Crippen LogP contribution >= 0.6 is 0 Å². The lowest BCUT2D eigenvalue weighted by molar-refractivity contribution is 0.0362. The number of hydrogen-bond donors (Lipinski definition) is 2. The number of aliphatic hydroxyl groups excluding tert-OH is 1. The third-order valence-electron chi connectivity index (χ3n) is 3.92. The zero-order chi connectivity index (χ0) is 12.8. The summed E-state index contributed by atoms with van der Waals surface area (Å²) in [6, 6.07) is 3.11. The maximum absolute atomic E-state index is 12.3. The number of rotatable bonds is 3. The molecule has 98 valence electrons. The number of carbonyl (C=O) groups excluding carboxylic acids is 1. The summed E-state index contributed by atoms with van der Waals surface area (Å²) in [7, 11) is 0. The predicted molar refractivity (Wildman–Crippen MR) is 62.9 cm³/mol. The van der Waals surface area contributed by atoms with Gasteiger partial charge in [0.25, 0.3) is 5.91 Å². The van der Waals surface area contributed by atoms with Gasteiger partial charge in [-0.1, -0.05) is 0 Å². The van der Waals surface area contributed by atoms with Crippen LogP contribution in [0.25, 0.3) is 0 Å². The van der Waals surface area contributed by atoms with Crippen LogP contribution in [-0.2, 0) is 6.61 Å². The summed E-state index contributed by atoms with van der Waals surface area (Å²) in [5.41, 5.74) is -0.668. The van der Waals surface area contributed by atoms with Crippen LogP contribution in [0.1, 0.15) is 42.0 Å². The summed E-state index contributed by atoms with van der Waals surface area (Å²) in [5, 5.41) is 19.1. The molecule has 0 radical (unpaired) electrons. The third-order valence-corrected chi connectivity index (χ3v) is 3.92. The molecule has 0 aromatic carbocycles. The molecule has 5 heteroatoms. The highest BCUT2D eigenvalue weighted by atomic mass is 16.4. The minimum absolute atomic E-state index is 0.0762. The Morgan fingerprint density at radius 1 is 1.50 bits per heavy atom. The lowest BCUT2D eigenvalue weighted by Gasteiger charge is -2.27. The number of furan rings is 1. The Labute approximate surface area is 105 Å². The van der Waals surface area contributed by atoms with E-state index < -0.39 is 5.60 Å². The van der Waals surface area contributed by atoms with E-state index in [1.165, 1.54) is 0 Å². The highest BCUT2D eigenvalue weighted by Gasteiger charge is 2.52. The molecule has 5 nitrogen and oxygen atoms in total. The number of carbonyl (C=O) groups is 1. The van der Waals surface area contributed by atoms with Gasteiger partial charge in [-0.3, -0.25) is 4.79 Å². The Morgan fingerprint density at radius 2 is 2.28 bits per heavy atom. The van der Waals surface area contributed by atoms with E-state index in [9.17, 15) is 9.90 Å². The van der Waals surface area contributed by atoms with Crippen LogP contribution < -0.4 is 0 Å². The molecule has 2 fully saturated rings. The molecule has 0 spiro atoms. The molecular formula is C13H17NO4. The molecule has 1 aliphatic carbocycles. The molecule has 1 atom stereocenters. The summed E-state index contributed by atoms with van der Waals surface area (Å²) in [6.07, 6.45) is 3.34. The first-order valence-electron chi connectivity index (χ1n) is 6.37. The minimum atomic E-state index is -0.668. The molecule has 2 aliphatic rings. The highest BCUT2D eigenvalue weighted by Crippen LogP contribution is 2.44. The second-order valence-corrected chi connectivity index (χ2v) is 5.18. The Morgan fingerprint density at radius 3 is 2.89 bits per heavy atom. The molecule has 0 bridgehead atoms. The van der Waals surface area contributed by atoms with E-state index in [1.54, 1.807) is 17.0 Å². The summed E-state index contributed by atoms with van der Waals surface area (Å²) >= 11 is 0. The fourth-order valence-corrected chi connectivity index (χ4v) is 2.75. The molecule has 1 aromatic heterocycles. The van der Waals surface area contributed by atoms with Crippen molar-refractivity contribution in [2.24, 2.45) is 0 Å². The fraction of sp³-hybridized carbons (Fsp3) is 0.615. The number of amides is 1. The molecular weight excluding hydrogens is 234 g/mol. The second-order valence-electron chi connectivity index (χ2n) is 5.18. The van der Waals surface area contributed by atoms with E-state index in [0.717, 1.165) is 25.7 Å². The van der Waals surface area contributed by atoms with Crippen molar-refractivity contribution < 1.29 is 19.4 Å². The van der Waals surface area contributed by atoms with Crippen molar-refractivity contribution >= 4 is 5.91 Å². The van der Waals surface area contributed by atoms with E-state index in [4.69, 9.17) is 9.52 Å². The highest BCUT2D eigenvalue weighted by molar-refractivity contribution is 5.92. The topological polar surface area (TPSA) is 73.9 Å². The van der Waals surface area contributed by atoms with Crippen molar-refractivity contribution in [3.8, 4) is 0 Å². The number of nitrogens with zero attached hydrogens (tertiary/aromatic N) is 1. The van der Waals surface area contributed by atoms with E-state index in [-0.39, 0.29) is 24.3 Å². The first-order chi connectivity index (χ1) is 8.64. The molecule has 1 saturated heterocycles. The Hall–Kier alpha value is -1.33. The van der Waals surface area contributed by atoms with Crippen LogP contribution in [0.3, 0.4) is 0 Å². The monoisotopic (exact) mass is 251 g/mol. The smallest absolute Gasteiger partial charge is 0.289 e. The van der Waals surface area contributed by atoms with Gasteiger partial charge in [-0.15, -0.1) is 0 Å². The average Bonchev–Trinajstić information content (AvgIpc) is 2.90. The lowest BCUT2D eigenvalue weighted by Crippen LogP contribution is -2.44. The summed E-state index contributed by atoms with van der Waals surface area (Å²) in [4.78, 5) is 14.0. The fourth-order valence-electron chi connectivity index (χ4n) is 2.75. The van der Waals surface area contributed by atoms with Crippen LogP contribution in [0.4, 0.5) is 0 Å². The number of hydrogen-bond acceptors (Lipinski definition) is 4. The standard InChI is InChI=1S/C13H17NO4/c15-8-9-3-4-10(18-9)12(16)14-7-1-2-11(14)13(17)5-6-13/h3-4,11,15,17H,1-2,5-8H2. The Kier molecular flexibility index (Phi) is 2.68. The van der Waals surface area contributed by atoms with Gasteiger partial charge in [-0.2, -0.15) is 0 Å². The van der Waals surface area contributed by atoms with Crippen LogP contribution in [0.15, 0.2) is 16.5 Å². The quantitative estimate of drug-likeness (QED) is 0.837.